The Kier molecular flexibility index (Phi) is 8.60. The molecule has 0 aromatic heterocycles. The van der Waals surface area contributed by atoms with Crippen molar-refractivity contribution in [3.63, 3.8) is 0 Å². The number of fused-ring (bicyclic) bond motifs is 1. The molecule has 2 aromatic carbocycles. The molecule has 4 rings (SSSR count). The lowest BCUT2D eigenvalue weighted by atomic mass is 9.70. The first-order chi connectivity index (χ1) is 17.5. The summed E-state index contributed by atoms with van der Waals surface area (Å²) in [6.07, 6.45) is 5.12. The van der Waals surface area contributed by atoms with E-state index in [9.17, 15) is 14.7 Å². The predicted molar refractivity (Wildman–Crippen MR) is 137 cm³/mol. The van der Waals surface area contributed by atoms with Gasteiger partial charge in [0.2, 0.25) is 0 Å². The number of hydrogen-bond donors (Lipinski definition) is 1. The van der Waals surface area contributed by atoms with Crippen LogP contribution < -0.4 is 0 Å². The van der Waals surface area contributed by atoms with Crippen LogP contribution >= 0.6 is 0 Å². The van der Waals surface area contributed by atoms with Crippen LogP contribution in [0.1, 0.15) is 50.7 Å². The van der Waals surface area contributed by atoms with Gasteiger partial charge in [0.1, 0.15) is 24.4 Å². The fourth-order valence-electron chi connectivity index (χ4n) is 5.87. The maximum absolute atomic E-state index is 13.2. The molecule has 0 spiro atoms. The second-order valence-electron chi connectivity index (χ2n) is 9.94. The summed E-state index contributed by atoms with van der Waals surface area (Å²) >= 11 is 0. The van der Waals surface area contributed by atoms with E-state index in [4.69, 9.17) is 14.2 Å². The van der Waals surface area contributed by atoms with E-state index in [0.717, 1.165) is 24.0 Å². The molecule has 1 heterocycles. The van der Waals surface area contributed by atoms with E-state index < -0.39 is 36.4 Å². The van der Waals surface area contributed by atoms with Crippen LogP contribution in [0.15, 0.2) is 66.7 Å². The van der Waals surface area contributed by atoms with Crippen LogP contribution in [0.4, 0.5) is 0 Å². The van der Waals surface area contributed by atoms with Crippen molar-refractivity contribution in [1.29, 1.82) is 0 Å². The fourth-order valence-corrected chi connectivity index (χ4v) is 5.87. The number of benzene rings is 2. The molecular weight excluding hydrogens is 456 g/mol. The number of rotatable bonds is 9. The molecule has 0 amide bonds. The average Bonchev–Trinajstić information content (AvgIpc) is 3.29. The van der Waals surface area contributed by atoms with E-state index in [0.29, 0.717) is 31.3 Å². The van der Waals surface area contributed by atoms with Crippen molar-refractivity contribution >= 4 is 18.0 Å². The molecule has 6 atom stereocenters. The summed E-state index contributed by atoms with van der Waals surface area (Å²) in [7, 11) is 0. The van der Waals surface area contributed by atoms with Gasteiger partial charge in [0.15, 0.2) is 0 Å². The topological polar surface area (TPSA) is 82.1 Å². The number of esters is 2. The Morgan fingerprint density at radius 1 is 1.11 bits per heavy atom. The van der Waals surface area contributed by atoms with Gasteiger partial charge in [-0.3, -0.25) is 0 Å². The Bertz CT molecular complexity index is 1040. The molecule has 0 radical (unpaired) electrons. The van der Waals surface area contributed by atoms with Gasteiger partial charge in [-0.25, -0.2) is 9.59 Å². The monoisotopic (exact) mass is 492 g/mol. The molecule has 6 heteroatoms. The summed E-state index contributed by atoms with van der Waals surface area (Å²) in [4.78, 5) is 25.2. The third-order valence-electron chi connectivity index (χ3n) is 7.69. The van der Waals surface area contributed by atoms with E-state index in [-0.39, 0.29) is 5.92 Å². The zero-order chi connectivity index (χ0) is 25.5. The van der Waals surface area contributed by atoms with Gasteiger partial charge in [-0.05, 0) is 48.3 Å². The Labute approximate surface area is 213 Å². The quantitative estimate of drug-likeness (QED) is 0.396. The first-order valence-electron chi connectivity index (χ1n) is 12.9. The largest absolute Gasteiger partial charge is 0.461 e. The summed E-state index contributed by atoms with van der Waals surface area (Å²) in [5, 5.41) is 9.27. The molecule has 192 valence electrons. The smallest absolute Gasteiger partial charge is 0.332 e. The van der Waals surface area contributed by atoms with E-state index >= 15 is 0 Å². The van der Waals surface area contributed by atoms with Gasteiger partial charge in [-0.1, -0.05) is 74.5 Å². The molecule has 6 nitrogen and oxygen atoms in total. The van der Waals surface area contributed by atoms with Gasteiger partial charge in [0.05, 0.1) is 6.61 Å². The van der Waals surface area contributed by atoms with E-state index in [1.54, 1.807) is 6.08 Å². The van der Waals surface area contributed by atoms with Crippen molar-refractivity contribution in [3.05, 3.63) is 77.9 Å². The minimum atomic E-state index is -0.978. The summed E-state index contributed by atoms with van der Waals surface area (Å²) in [5.74, 6) is -0.315. The number of carbonyl (C=O) groups is 2. The molecule has 1 aliphatic carbocycles. The summed E-state index contributed by atoms with van der Waals surface area (Å²) < 4.78 is 18.6. The maximum Gasteiger partial charge on any atom is 0.332 e. The molecule has 2 aliphatic rings. The second kappa shape index (κ2) is 11.8. The standard InChI is InChI=1S/C30H36O6/c1-3-25(35-27(33)19-31)18-30(24-12-8-5-9-13-24)29(28-21(2)14-16-23(28)20-34-30)36-26(32)17-15-22-10-6-4-7-11-22/h4-13,15,17,21,23,25,28-29,31H,3,14,16,18-20H2,1-2H3/b17-15+. The Morgan fingerprint density at radius 3 is 2.47 bits per heavy atom. The lowest BCUT2D eigenvalue weighted by Gasteiger charge is -2.50. The molecular formula is C30H36O6. The van der Waals surface area contributed by atoms with Crippen molar-refractivity contribution in [3.8, 4) is 0 Å². The first kappa shape index (κ1) is 26.1. The minimum absolute atomic E-state index is 0.124. The highest BCUT2D eigenvalue weighted by Gasteiger charge is 2.57. The molecule has 1 saturated carbocycles. The molecule has 1 N–H and O–H groups in total. The van der Waals surface area contributed by atoms with Gasteiger partial charge in [0.25, 0.3) is 0 Å². The zero-order valence-electron chi connectivity index (χ0n) is 21.0. The zero-order valence-corrected chi connectivity index (χ0v) is 21.0. The highest BCUT2D eigenvalue weighted by atomic mass is 16.6. The molecule has 0 bridgehead atoms. The second-order valence-corrected chi connectivity index (χ2v) is 9.94. The van der Waals surface area contributed by atoms with Crippen LogP contribution in [0.5, 0.6) is 0 Å². The lowest BCUT2D eigenvalue weighted by Crippen LogP contribution is -2.57. The number of carbonyl (C=O) groups excluding carboxylic acids is 2. The number of aliphatic hydroxyl groups is 1. The fraction of sp³-hybridized carbons (Fsp3) is 0.467. The predicted octanol–water partition coefficient (Wildman–Crippen LogP) is 4.90. The molecule has 36 heavy (non-hydrogen) atoms. The van der Waals surface area contributed by atoms with E-state index in [1.807, 2.05) is 67.6 Å². The van der Waals surface area contributed by atoms with Crippen LogP contribution in [-0.4, -0.2) is 42.5 Å². The summed E-state index contributed by atoms with van der Waals surface area (Å²) in [6, 6.07) is 19.4. The van der Waals surface area contributed by atoms with Crippen molar-refractivity contribution in [1.82, 2.24) is 0 Å². The van der Waals surface area contributed by atoms with Gasteiger partial charge >= 0.3 is 11.9 Å². The normalized spacial score (nSPS) is 28.4. The SMILES string of the molecule is CCC(CC1(c2ccccc2)OCC2CCC(C)C2C1OC(=O)/C=C/c1ccccc1)OC(=O)CO. The van der Waals surface area contributed by atoms with Crippen molar-refractivity contribution in [2.24, 2.45) is 17.8 Å². The van der Waals surface area contributed by atoms with Gasteiger partial charge in [-0.15, -0.1) is 0 Å². The lowest BCUT2D eigenvalue weighted by molar-refractivity contribution is -0.232. The van der Waals surface area contributed by atoms with Gasteiger partial charge < -0.3 is 19.3 Å². The molecule has 1 aliphatic heterocycles. The summed E-state index contributed by atoms with van der Waals surface area (Å²) in [5.41, 5.74) is 0.830. The number of hydrogen-bond acceptors (Lipinski definition) is 6. The molecule has 2 aromatic rings. The average molecular weight is 493 g/mol. The third kappa shape index (κ3) is 5.71. The highest BCUT2D eigenvalue weighted by Crippen LogP contribution is 2.53. The van der Waals surface area contributed by atoms with Gasteiger partial charge in [0, 0.05) is 18.4 Å². The molecule has 1 saturated heterocycles. The Hall–Kier alpha value is -2.96. The van der Waals surface area contributed by atoms with E-state index in [2.05, 4.69) is 6.92 Å². The number of ether oxygens (including phenoxy) is 3. The third-order valence-corrected chi connectivity index (χ3v) is 7.69. The Balaban J connectivity index is 1.71. The van der Waals surface area contributed by atoms with Crippen LogP contribution in [0.2, 0.25) is 0 Å². The van der Waals surface area contributed by atoms with Gasteiger partial charge in [-0.2, -0.15) is 0 Å². The van der Waals surface area contributed by atoms with Crippen LogP contribution in [0.25, 0.3) is 6.08 Å². The molecule has 6 unspecified atom stereocenters. The van der Waals surface area contributed by atoms with Crippen molar-refractivity contribution in [2.45, 2.75) is 57.3 Å². The Morgan fingerprint density at radius 2 is 1.81 bits per heavy atom. The van der Waals surface area contributed by atoms with E-state index in [1.165, 1.54) is 6.08 Å². The van der Waals surface area contributed by atoms with Crippen molar-refractivity contribution < 1.29 is 28.9 Å². The molecule has 2 fully saturated rings. The van der Waals surface area contributed by atoms with Crippen LogP contribution in [-0.2, 0) is 29.4 Å². The van der Waals surface area contributed by atoms with Crippen LogP contribution in [0.3, 0.4) is 0 Å². The first-order valence-corrected chi connectivity index (χ1v) is 12.9. The minimum Gasteiger partial charge on any atom is -0.461 e. The summed E-state index contributed by atoms with van der Waals surface area (Å²) in [6.45, 7) is 4.03. The maximum atomic E-state index is 13.2. The van der Waals surface area contributed by atoms with Crippen molar-refractivity contribution in [2.75, 3.05) is 13.2 Å². The number of aliphatic hydroxyl groups excluding tert-OH is 1. The van der Waals surface area contributed by atoms with Crippen LogP contribution in [0, 0.1) is 17.8 Å². The highest BCUT2D eigenvalue weighted by molar-refractivity contribution is 5.87.